The molecular formula is C14H28N2O. The van der Waals surface area contributed by atoms with Crippen LogP contribution in [-0.4, -0.2) is 48.8 Å². The van der Waals surface area contributed by atoms with E-state index in [9.17, 15) is 5.11 Å². The minimum Gasteiger partial charge on any atom is -0.394 e. The van der Waals surface area contributed by atoms with Crippen molar-refractivity contribution in [2.75, 3.05) is 33.3 Å². The lowest BCUT2D eigenvalue weighted by Crippen LogP contribution is -2.52. The van der Waals surface area contributed by atoms with Gasteiger partial charge < -0.3 is 15.3 Å². The predicted octanol–water partition coefficient (Wildman–Crippen LogP) is 1.61. The minimum atomic E-state index is -0.139. The van der Waals surface area contributed by atoms with Crippen LogP contribution < -0.4 is 5.32 Å². The number of nitrogens with zero attached hydrogens (tertiary/aromatic N) is 1. The molecular weight excluding hydrogens is 212 g/mol. The van der Waals surface area contributed by atoms with Gasteiger partial charge in [0.1, 0.15) is 0 Å². The summed E-state index contributed by atoms with van der Waals surface area (Å²) in [5, 5.41) is 12.7. The van der Waals surface area contributed by atoms with Crippen molar-refractivity contribution < 1.29 is 5.11 Å². The van der Waals surface area contributed by atoms with Gasteiger partial charge in [0.05, 0.1) is 12.1 Å². The van der Waals surface area contributed by atoms with Gasteiger partial charge in [0, 0.05) is 13.1 Å². The van der Waals surface area contributed by atoms with Crippen molar-refractivity contribution in [1.82, 2.24) is 10.2 Å². The van der Waals surface area contributed by atoms with E-state index in [1.54, 1.807) is 0 Å². The molecule has 0 aromatic heterocycles. The number of hydrogen-bond acceptors (Lipinski definition) is 3. The maximum absolute atomic E-state index is 9.46. The number of nitrogens with one attached hydrogen (secondary N) is 1. The summed E-state index contributed by atoms with van der Waals surface area (Å²) in [6.07, 6.45) is 8.52. The molecule has 0 aromatic rings. The molecule has 2 N–H and O–H groups in total. The van der Waals surface area contributed by atoms with Crippen molar-refractivity contribution in [1.29, 1.82) is 0 Å². The Bertz CT molecular complexity index is 245. The maximum atomic E-state index is 9.46. The highest BCUT2D eigenvalue weighted by atomic mass is 16.3. The lowest BCUT2D eigenvalue weighted by Gasteiger charge is -2.36. The number of rotatable bonds is 4. The van der Waals surface area contributed by atoms with Gasteiger partial charge in [0.2, 0.25) is 0 Å². The maximum Gasteiger partial charge on any atom is 0.0623 e. The van der Waals surface area contributed by atoms with Gasteiger partial charge in [-0.2, -0.15) is 0 Å². The molecule has 1 saturated carbocycles. The summed E-state index contributed by atoms with van der Waals surface area (Å²) in [5.74, 6) is 0. The molecule has 3 nitrogen and oxygen atoms in total. The molecule has 2 rings (SSSR count). The van der Waals surface area contributed by atoms with Crippen LogP contribution in [0.3, 0.4) is 0 Å². The van der Waals surface area contributed by atoms with Crippen LogP contribution in [0.1, 0.15) is 45.4 Å². The molecule has 2 fully saturated rings. The minimum absolute atomic E-state index is 0.139. The van der Waals surface area contributed by atoms with Crippen LogP contribution in [-0.2, 0) is 0 Å². The molecule has 1 atom stereocenters. The summed E-state index contributed by atoms with van der Waals surface area (Å²) in [4.78, 5) is 2.55. The molecule has 2 aliphatic rings. The van der Waals surface area contributed by atoms with Crippen molar-refractivity contribution in [3.8, 4) is 0 Å². The summed E-state index contributed by atoms with van der Waals surface area (Å²) in [7, 11) is 1.95. The molecule has 100 valence electrons. The second-order valence-electron chi connectivity index (χ2n) is 6.49. The Morgan fingerprint density at radius 1 is 1.24 bits per heavy atom. The average Bonchev–Trinajstić information content (AvgIpc) is 2.72. The number of aliphatic hydroxyl groups excluding tert-OH is 1. The van der Waals surface area contributed by atoms with Crippen molar-refractivity contribution >= 4 is 0 Å². The average molecular weight is 240 g/mol. The van der Waals surface area contributed by atoms with Crippen molar-refractivity contribution in [2.45, 2.75) is 51.0 Å². The van der Waals surface area contributed by atoms with E-state index in [2.05, 4.69) is 17.1 Å². The Morgan fingerprint density at radius 3 is 2.53 bits per heavy atom. The second-order valence-corrected chi connectivity index (χ2v) is 6.49. The summed E-state index contributed by atoms with van der Waals surface area (Å²) in [6.45, 7) is 5.77. The van der Waals surface area contributed by atoms with Gasteiger partial charge in [0.25, 0.3) is 0 Å². The lowest BCUT2D eigenvalue weighted by molar-refractivity contribution is 0.122. The van der Waals surface area contributed by atoms with Crippen LogP contribution in [0.15, 0.2) is 0 Å². The first-order valence-corrected chi connectivity index (χ1v) is 7.14. The summed E-state index contributed by atoms with van der Waals surface area (Å²) in [5.41, 5.74) is 0.489. The fraction of sp³-hybridized carbons (Fsp3) is 1.00. The van der Waals surface area contributed by atoms with E-state index in [-0.39, 0.29) is 12.1 Å². The summed E-state index contributed by atoms with van der Waals surface area (Å²) >= 11 is 0. The zero-order valence-electron chi connectivity index (χ0n) is 11.5. The molecule has 1 aliphatic heterocycles. The molecule has 1 heterocycles. The van der Waals surface area contributed by atoms with Crippen LogP contribution in [0.2, 0.25) is 0 Å². The number of likely N-dealkylation sites (tertiary alicyclic amines) is 1. The Labute approximate surface area is 106 Å². The van der Waals surface area contributed by atoms with E-state index in [1.807, 2.05) is 7.05 Å². The van der Waals surface area contributed by atoms with Crippen molar-refractivity contribution in [3.63, 3.8) is 0 Å². The third-order valence-corrected chi connectivity index (χ3v) is 4.96. The summed E-state index contributed by atoms with van der Waals surface area (Å²) < 4.78 is 0. The van der Waals surface area contributed by atoms with Crippen LogP contribution in [0.5, 0.6) is 0 Å². The zero-order valence-corrected chi connectivity index (χ0v) is 11.5. The molecule has 1 spiro atoms. The van der Waals surface area contributed by atoms with Crippen molar-refractivity contribution in [2.24, 2.45) is 5.41 Å². The van der Waals surface area contributed by atoms with E-state index in [0.29, 0.717) is 5.41 Å². The quantitative estimate of drug-likeness (QED) is 0.784. The van der Waals surface area contributed by atoms with Gasteiger partial charge in [-0.3, -0.25) is 0 Å². The third kappa shape index (κ3) is 3.01. The molecule has 0 aromatic carbocycles. The largest absolute Gasteiger partial charge is 0.394 e. The zero-order chi connectivity index (χ0) is 12.4. The topological polar surface area (TPSA) is 35.5 Å². The first kappa shape index (κ1) is 13.3. The summed E-state index contributed by atoms with van der Waals surface area (Å²) in [6, 6.07) is 0. The van der Waals surface area contributed by atoms with Crippen molar-refractivity contribution in [3.05, 3.63) is 0 Å². The first-order chi connectivity index (χ1) is 8.11. The molecule has 17 heavy (non-hydrogen) atoms. The molecule has 3 heteroatoms. The number of hydrogen-bond donors (Lipinski definition) is 2. The van der Waals surface area contributed by atoms with Crippen LogP contribution in [0, 0.1) is 5.41 Å². The smallest absolute Gasteiger partial charge is 0.0623 e. The Hall–Kier alpha value is -0.120. The molecule has 0 radical (unpaired) electrons. The van der Waals surface area contributed by atoms with Crippen LogP contribution in [0.25, 0.3) is 0 Å². The van der Waals surface area contributed by atoms with Gasteiger partial charge in [-0.15, -0.1) is 0 Å². The lowest BCUT2D eigenvalue weighted by atomic mass is 9.73. The van der Waals surface area contributed by atoms with E-state index in [1.165, 1.54) is 51.6 Å². The highest BCUT2D eigenvalue weighted by Gasteiger charge is 2.40. The monoisotopic (exact) mass is 240 g/mol. The Morgan fingerprint density at radius 2 is 1.94 bits per heavy atom. The van der Waals surface area contributed by atoms with Gasteiger partial charge >= 0.3 is 0 Å². The Balaban J connectivity index is 1.89. The fourth-order valence-electron chi connectivity index (χ4n) is 3.57. The standard InChI is InChI=1S/C14H28N2O/c1-13(12-17,15-2)10-16-9-8-14(11-16)6-4-3-5-7-14/h15,17H,3-12H2,1-2H3. The van der Waals surface area contributed by atoms with E-state index in [4.69, 9.17) is 0 Å². The highest BCUT2D eigenvalue weighted by Crippen LogP contribution is 2.43. The predicted molar refractivity (Wildman–Crippen MR) is 71.1 cm³/mol. The van der Waals surface area contributed by atoms with Gasteiger partial charge in [-0.1, -0.05) is 19.3 Å². The molecule has 1 aliphatic carbocycles. The SMILES string of the molecule is CNC(C)(CO)CN1CCC2(CCCCC2)C1. The second kappa shape index (κ2) is 5.25. The fourth-order valence-corrected chi connectivity index (χ4v) is 3.57. The molecule has 1 saturated heterocycles. The molecule has 0 bridgehead atoms. The highest BCUT2D eigenvalue weighted by molar-refractivity contribution is 4.95. The van der Waals surface area contributed by atoms with E-state index < -0.39 is 0 Å². The van der Waals surface area contributed by atoms with Gasteiger partial charge in [-0.05, 0) is 45.2 Å². The normalized spacial score (nSPS) is 28.4. The van der Waals surface area contributed by atoms with Gasteiger partial charge in [0.15, 0.2) is 0 Å². The number of aliphatic hydroxyl groups is 1. The first-order valence-electron chi connectivity index (χ1n) is 7.14. The molecule has 0 amide bonds. The van der Waals surface area contributed by atoms with E-state index >= 15 is 0 Å². The van der Waals surface area contributed by atoms with Gasteiger partial charge in [-0.25, -0.2) is 0 Å². The third-order valence-electron chi connectivity index (χ3n) is 4.96. The van der Waals surface area contributed by atoms with E-state index in [0.717, 1.165) is 6.54 Å². The molecule has 1 unspecified atom stereocenters. The number of likely N-dealkylation sites (N-methyl/N-ethyl adjacent to an activating group) is 1. The van der Waals surface area contributed by atoms with Crippen LogP contribution in [0.4, 0.5) is 0 Å². The Kier molecular flexibility index (Phi) is 4.11. The van der Waals surface area contributed by atoms with Crippen LogP contribution >= 0.6 is 0 Å².